The maximum Gasteiger partial charge on any atom is 0.277 e. The summed E-state index contributed by atoms with van der Waals surface area (Å²) in [7, 11) is -3.88. The number of nitrogens with two attached hydrogens (primary N) is 1. The monoisotopic (exact) mass is 444 g/mol. The third-order valence-corrected chi connectivity index (χ3v) is 5.49. The summed E-state index contributed by atoms with van der Waals surface area (Å²) in [5, 5.41) is 2.58. The Balaban J connectivity index is 1.85. The van der Waals surface area contributed by atoms with E-state index < -0.39 is 40.4 Å². The van der Waals surface area contributed by atoms with Crippen molar-refractivity contribution in [2.24, 2.45) is 5.73 Å². The summed E-state index contributed by atoms with van der Waals surface area (Å²) in [5.41, 5.74) is 6.93. The Morgan fingerprint density at radius 3 is 2.73 bits per heavy atom. The van der Waals surface area contributed by atoms with Gasteiger partial charge in [0, 0.05) is 18.2 Å². The van der Waals surface area contributed by atoms with E-state index in [0.29, 0.717) is 11.3 Å². The molecule has 30 heavy (non-hydrogen) atoms. The zero-order chi connectivity index (χ0) is 22.1. The fourth-order valence-corrected chi connectivity index (χ4v) is 4.08. The molecule has 0 saturated carbocycles. The van der Waals surface area contributed by atoms with Gasteiger partial charge in [-0.25, -0.2) is 31.3 Å². The van der Waals surface area contributed by atoms with Crippen molar-refractivity contribution in [2.75, 3.05) is 12.8 Å². The van der Waals surface area contributed by atoms with Gasteiger partial charge < -0.3 is 15.8 Å². The number of alkyl halides is 2. The highest BCUT2D eigenvalue weighted by molar-refractivity contribution is 7.88. The smallest absolute Gasteiger partial charge is 0.277 e. The largest absolute Gasteiger partial charge is 0.436 e. The molecule has 0 aliphatic carbocycles. The van der Waals surface area contributed by atoms with Gasteiger partial charge in [-0.2, -0.15) is 0 Å². The van der Waals surface area contributed by atoms with Gasteiger partial charge in [-0.05, 0) is 31.0 Å². The summed E-state index contributed by atoms with van der Waals surface area (Å²) in [6.45, 7) is 1.23. The molecule has 3 rings (SSSR count). The summed E-state index contributed by atoms with van der Waals surface area (Å²) in [5.74, 6) is -3.96. The standard InChI is InChI=1S/C19H23F3N4O3S/c1-11-6-7-13(9-23)25-18(11)29-15-5-3-4-12(16(15)20)8-14-17(26-30(2,27)28)19(21,22)10-24-14/h3-7,14,17,24,26H,8-10,23H2,1-2H3/t14-,17+/m0/s1. The van der Waals surface area contributed by atoms with E-state index in [2.05, 4.69) is 10.3 Å². The van der Waals surface area contributed by atoms with Crippen LogP contribution >= 0.6 is 0 Å². The van der Waals surface area contributed by atoms with Crippen LogP contribution in [0.3, 0.4) is 0 Å². The molecule has 2 atom stereocenters. The lowest BCUT2D eigenvalue weighted by Crippen LogP contribution is -2.51. The Morgan fingerprint density at radius 1 is 1.33 bits per heavy atom. The first-order valence-corrected chi connectivity index (χ1v) is 11.1. The van der Waals surface area contributed by atoms with E-state index in [1.807, 2.05) is 4.72 Å². The van der Waals surface area contributed by atoms with Crippen LogP contribution < -0.4 is 20.5 Å². The normalized spacial score (nSPS) is 21.0. The highest BCUT2D eigenvalue weighted by Crippen LogP contribution is 2.32. The van der Waals surface area contributed by atoms with Crippen molar-refractivity contribution < 1.29 is 26.3 Å². The van der Waals surface area contributed by atoms with E-state index in [0.717, 1.165) is 6.26 Å². The van der Waals surface area contributed by atoms with Gasteiger partial charge in [-0.1, -0.05) is 18.2 Å². The second kappa shape index (κ2) is 8.50. The molecule has 1 aromatic heterocycles. The second-order valence-corrected chi connectivity index (χ2v) is 9.06. The van der Waals surface area contributed by atoms with Crippen LogP contribution in [0.15, 0.2) is 30.3 Å². The molecule has 1 aliphatic rings. The van der Waals surface area contributed by atoms with Crippen molar-refractivity contribution >= 4 is 10.0 Å². The average molecular weight is 444 g/mol. The summed E-state index contributed by atoms with van der Waals surface area (Å²) in [4.78, 5) is 4.23. The Morgan fingerprint density at radius 2 is 2.07 bits per heavy atom. The number of hydrogen-bond acceptors (Lipinski definition) is 6. The molecule has 1 aromatic carbocycles. The number of ether oxygens (including phenoxy) is 1. The van der Waals surface area contributed by atoms with Crippen molar-refractivity contribution in [3.63, 3.8) is 0 Å². The fraction of sp³-hybridized carbons (Fsp3) is 0.421. The zero-order valence-corrected chi connectivity index (χ0v) is 17.3. The summed E-state index contributed by atoms with van der Waals surface area (Å²) >= 11 is 0. The number of aryl methyl sites for hydroxylation is 1. The molecule has 2 heterocycles. The van der Waals surface area contributed by atoms with Gasteiger partial charge in [0.2, 0.25) is 15.9 Å². The van der Waals surface area contributed by atoms with Gasteiger partial charge in [0.25, 0.3) is 5.92 Å². The van der Waals surface area contributed by atoms with Crippen molar-refractivity contribution in [2.45, 2.75) is 37.9 Å². The van der Waals surface area contributed by atoms with Gasteiger partial charge >= 0.3 is 0 Å². The third kappa shape index (κ3) is 5.09. The van der Waals surface area contributed by atoms with Crippen molar-refractivity contribution in [3.8, 4) is 11.6 Å². The number of rotatable bonds is 7. The number of nitrogens with zero attached hydrogens (tertiary/aromatic N) is 1. The van der Waals surface area contributed by atoms with Gasteiger partial charge in [0.15, 0.2) is 11.6 Å². The van der Waals surface area contributed by atoms with Crippen molar-refractivity contribution in [3.05, 3.63) is 53.0 Å². The molecule has 1 saturated heterocycles. The number of halogens is 3. The summed E-state index contributed by atoms with van der Waals surface area (Å²) in [6, 6.07) is 5.16. The highest BCUT2D eigenvalue weighted by Gasteiger charge is 2.51. The maximum atomic E-state index is 15.1. The molecule has 1 fully saturated rings. The maximum absolute atomic E-state index is 15.1. The van der Waals surface area contributed by atoms with Crippen LogP contribution in [0.1, 0.15) is 16.8 Å². The summed E-state index contributed by atoms with van der Waals surface area (Å²) < 4.78 is 73.9. The molecule has 4 N–H and O–H groups in total. The van der Waals surface area contributed by atoms with Crippen LogP contribution in [0.25, 0.3) is 0 Å². The number of pyridine rings is 1. The van der Waals surface area contributed by atoms with Gasteiger partial charge in [0.1, 0.15) is 6.04 Å². The third-order valence-electron chi connectivity index (χ3n) is 4.81. The molecule has 2 aromatic rings. The Kier molecular flexibility index (Phi) is 6.37. The first-order chi connectivity index (χ1) is 14.0. The highest BCUT2D eigenvalue weighted by atomic mass is 32.2. The molecule has 0 bridgehead atoms. The molecule has 11 heteroatoms. The lowest BCUT2D eigenvalue weighted by atomic mass is 9.99. The Labute approximate surface area is 172 Å². The molecule has 0 unspecified atom stereocenters. The second-order valence-electron chi connectivity index (χ2n) is 7.28. The fourth-order valence-electron chi connectivity index (χ4n) is 3.28. The van der Waals surface area contributed by atoms with Crippen LogP contribution in [0.4, 0.5) is 13.2 Å². The van der Waals surface area contributed by atoms with Crippen molar-refractivity contribution in [1.29, 1.82) is 0 Å². The topological polar surface area (TPSA) is 106 Å². The first kappa shape index (κ1) is 22.5. The van der Waals surface area contributed by atoms with Crippen LogP contribution in [0.5, 0.6) is 11.6 Å². The number of sulfonamides is 1. The quantitative estimate of drug-likeness (QED) is 0.602. The number of hydrogen-bond donors (Lipinski definition) is 3. The molecule has 1 aliphatic heterocycles. The van der Waals surface area contributed by atoms with E-state index in [1.165, 1.54) is 18.2 Å². The average Bonchev–Trinajstić information content (AvgIpc) is 2.93. The minimum atomic E-state index is -3.88. The predicted octanol–water partition coefficient (Wildman–Crippen LogP) is 1.85. The Hall–Kier alpha value is -2.21. The minimum absolute atomic E-state index is 0.107. The molecular formula is C19H23F3N4O3S. The van der Waals surface area contributed by atoms with E-state index in [-0.39, 0.29) is 30.2 Å². The number of nitrogens with one attached hydrogen (secondary N) is 2. The molecule has 164 valence electrons. The van der Waals surface area contributed by atoms with Crippen molar-refractivity contribution in [1.82, 2.24) is 15.0 Å². The molecule has 0 radical (unpaired) electrons. The van der Waals surface area contributed by atoms with E-state index in [9.17, 15) is 17.2 Å². The van der Waals surface area contributed by atoms with Gasteiger partial charge in [-0.15, -0.1) is 0 Å². The predicted molar refractivity (Wildman–Crippen MR) is 106 cm³/mol. The molecule has 0 spiro atoms. The van der Waals surface area contributed by atoms with Crippen LogP contribution in [-0.2, 0) is 23.0 Å². The SMILES string of the molecule is Cc1ccc(CN)nc1Oc1cccc(C[C@@H]2NCC(F)(F)[C@@H]2NS(C)(=O)=O)c1F. The van der Waals surface area contributed by atoms with E-state index in [1.54, 1.807) is 19.1 Å². The molecular weight excluding hydrogens is 421 g/mol. The van der Waals surface area contributed by atoms with Crippen LogP contribution in [-0.4, -0.2) is 44.2 Å². The summed E-state index contributed by atoms with van der Waals surface area (Å²) in [6.07, 6.45) is 0.638. The minimum Gasteiger partial charge on any atom is -0.436 e. The van der Waals surface area contributed by atoms with Gasteiger partial charge in [-0.3, -0.25) is 0 Å². The zero-order valence-electron chi connectivity index (χ0n) is 16.5. The lowest BCUT2D eigenvalue weighted by molar-refractivity contribution is -0.000842. The van der Waals surface area contributed by atoms with Gasteiger partial charge in [0.05, 0.1) is 18.5 Å². The first-order valence-electron chi connectivity index (χ1n) is 9.20. The number of benzene rings is 1. The van der Waals surface area contributed by atoms with Crippen LogP contribution in [0.2, 0.25) is 0 Å². The molecule has 0 amide bonds. The number of aromatic nitrogens is 1. The van der Waals surface area contributed by atoms with Crippen LogP contribution in [0, 0.1) is 12.7 Å². The van der Waals surface area contributed by atoms with E-state index >= 15 is 4.39 Å². The lowest BCUT2D eigenvalue weighted by Gasteiger charge is -2.24. The van der Waals surface area contributed by atoms with E-state index in [4.69, 9.17) is 10.5 Å². The molecule has 7 nitrogen and oxygen atoms in total. The Bertz CT molecular complexity index is 1030.